The molecule has 4 heteroatoms. The maximum Gasteiger partial charge on any atom is 0.0781 e. The van der Waals surface area contributed by atoms with Crippen LogP contribution in [0, 0.1) is 6.92 Å². The zero-order chi connectivity index (χ0) is 14.8. The Balaban J connectivity index is 1.74. The van der Waals surface area contributed by atoms with Crippen LogP contribution in [0.15, 0.2) is 42.5 Å². The molecule has 0 saturated heterocycles. The summed E-state index contributed by atoms with van der Waals surface area (Å²) >= 11 is 8.04. The molecule has 21 heavy (non-hydrogen) atoms. The average molecular weight is 317 g/mol. The highest BCUT2D eigenvalue weighted by atomic mass is 35.5. The standard InChI is InChI=1S/C17H17ClN2S/c1-12-11-16(20(2)19-12)17-10-9-14(21-17)8-7-13-5-3-4-6-15(13)18/h3-6,9-11H,7-8H2,1-2H3. The minimum absolute atomic E-state index is 0.858. The molecule has 0 aliphatic carbocycles. The molecule has 108 valence electrons. The maximum atomic E-state index is 6.21. The first-order valence-electron chi connectivity index (χ1n) is 6.96. The van der Waals surface area contributed by atoms with Gasteiger partial charge in [-0.3, -0.25) is 4.68 Å². The third-order valence-electron chi connectivity index (χ3n) is 3.51. The van der Waals surface area contributed by atoms with E-state index in [1.165, 1.54) is 21.0 Å². The molecule has 0 saturated carbocycles. The van der Waals surface area contributed by atoms with Crippen molar-refractivity contribution in [2.45, 2.75) is 19.8 Å². The van der Waals surface area contributed by atoms with Crippen LogP contribution < -0.4 is 0 Å². The van der Waals surface area contributed by atoms with Gasteiger partial charge in [0.1, 0.15) is 0 Å². The summed E-state index contributed by atoms with van der Waals surface area (Å²) in [4.78, 5) is 2.65. The topological polar surface area (TPSA) is 17.8 Å². The smallest absolute Gasteiger partial charge is 0.0781 e. The second-order valence-corrected chi connectivity index (χ2v) is 6.73. The summed E-state index contributed by atoms with van der Waals surface area (Å²) in [6.45, 7) is 2.02. The number of hydrogen-bond acceptors (Lipinski definition) is 2. The Morgan fingerprint density at radius 2 is 1.95 bits per heavy atom. The number of thiophene rings is 1. The van der Waals surface area contributed by atoms with Gasteiger partial charge in [-0.05, 0) is 49.6 Å². The van der Waals surface area contributed by atoms with Gasteiger partial charge in [-0.15, -0.1) is 11.3 Å². The molecule has 0 atom stereocenters. The quantitative estimate of drug-likeness (QED) is 0.669. The van der Waals surface area contributed by atoms with Crippen molar-refractivity contribution in [3.8, 4) is 10.6 Å². The van der Waals surface area contributed by atoms with Crippen LogP contribution >= 0.6 is 22.9 Å². The maximum absolute atomic E-state index is 6.21. The van der Waals surface area contributed by atoms with E-state index in [0.29, 0.717) is 0 Å². The van der Waals surface area contributed by atoms with Crippen LogP contribution in [0.1, 0.15) is 16.1 Å². The van der Waals surface area contributed by atoms with Gasteiger partial charge in [0.25, 0.3) is 0 Å². The van der Waals surface area contributed by atoms with Crippen molar-refractivity contribution in [1.29, 1.82) is 0 Å². The molecule has 0 amide bonds. The Morgan fingerprint density at radius 3 is 2.67 bits per heavy atom. The fourth-order valence-electron chi connectivity index (χ4n) is 2.45. The van der Waals surface area contributed by atoms with E-state index in [1.807, 2.05) is 48.2 Å². The van der Waals surface area contributed by atoms with E-state index < -0.39 is 0 Å². The summed E-state index contributed by atoms with van der Waals surface area (Å²) in [5.74, 6) is 0. The zero-order valence-electron chi connectivity index (χ0n) is 12.1. The van der Waals surface area contributed by atoms with Gasteiger partial charge in [0.05, 0.1) is 16.3 Å². The van der Waals surface area contributed by atoms with Crippen molar-refractivity contribution in [2.24, 2.45) is 7.05 Å². The number of aromatic nitrogens is 2. The number of benzene rings is 1. The van der Waals surface area contributed by atoms with Gasteiger partial charge in [-0.1, -0.05) is 29.8 Å². The van der Waals surface area contributed by atoms with Crippen molar-refractivity contribution in [1.82, 2.24) is 9.78 Å². The van der Waals surface area contributed by atoms with Crippen molar-refractivity contribution in [2.75, 3.05) is 0 Å². The summed E-state index contributed by atoms with van der Waals surface area (Å²) < 4.78 is 1.94. The highest BCUT2D eigenvalue weighted by molar-refractivity contribution is 7.15. The second-order valence-electron chi connectivity index (χ2n) is 5.15. The molecule has 3 rings (SSSR count). The second kappa shape index (κ2) is 6.04. The van der Waals surface area contributed by atoms with Crippen molar-refractivity contribution in [3.63, 3.8) is 0 Å². The Morgan fingerprint density at radius 1 is 1.14 bits per heavy atom. The molecule has 0 unspecified atom stereocenters. The Bertz CT molecular complexity index is 758. The summed E-state index contributed by atoms with van der Waals surface area (Å²) in [7, 11) is 1.99. The van der Waals surface area contributed by atoms with Gasteiger partial charge in [0.2, 0.25) is 0 Å². The van der Waals surface area contributed by atoms with E-state index in [-0.39, 0.29) is 0 Å². The fraction of sp³-hybridized carbons (Fsp3) is 0.235. The molecule has 0 fully saturated rings. The van der Waals surface area contributed by atoms with Crippen molar-refractivity contribution in [3.05, 3.63) is 63.6 Å². The van der Waals surface area contributed by atoms with E-state index >= 15 is 0 Å². The predicted octanol–water partition coefficient (Wildman–Crippen LogP) is 4.90. The van der Waals surface area contributed by atoms with Crippen LogP contribution in [0.3, 0.4) is 0 Å². The summed E-state index contributed by atoms with van der Waals surface area (Å²) in [6.07, 6.45) is 2.00. The largest absolute Gasteiger partial charge is 0.267 e. The van der Waals surface area contributed by atoms with E-state index in [1.54, 1.807) is 0 Å². The number of rotatable bonds is 4. The van der Waals surface area contributed by atoms with Gasteiger partial charge >= 0.3 is 0 Å². The lowest BCUT2D eigenvalue weighted by molar-refractivity contribution is 0.765. The van der Waals surface area contributed by atoms with Gasteiger partial charge in [-0.2, -0.15) is 5.10 Å². The number of aryl methyl sites for hydroxylation is 4. The van der Waals surface area contributed by atoms with Crippen LogP contribution in [0.25, 0.3) is 10.6 Å². The SMILES string of the molecule is Cc1cc(-c2ccc(CCc3ccccc3Cl)s2)n(C)n1. The summed E-state index contributed by atoms with van der Waals surface area (Å²) in [5, 5.41) is 5.27. The molecule has 1 aromatic carbocycles. The van der Waals surface area contributed by atoms with Gasteiger partial charge in [0, 0.05) is 16.9 Å². The molecule has 0 radical (unpaired) electrons. The molecular weight excluding hydrogens is 300 g/mol. The average Bonchev–Trinajstić information content (AvgIpc) is 3.04. The molecule has 2 aromatic heterocycles. The minimum atomic E-state index is 0.858. The van der Waals surface area contributed by atoms with E-state index in [4.69, 9.17) is 11.6 Å². The number of halogens is 1. The van der Waals surface area contributed by atoms with Gasteiger partial charge < -0.3 is 0 Å². The van der Waals surface area contributed by atoms with E-state index in [2.05, 4.69) is 29.4 Å². The lowest BCUT2D eigenvalue weighted by atomic mass is 10.1. The zero-order valence-corrected chi connectivity index (χ0v) is 13.7. The van der Waals surface area contributed by atoms with Crippen molar-refractivity contribution < 1.29 is 0 Å². The van der Waals surface area contributed by atoms with Crippen LogP contribution in [-0.4, -0.2) is 9.78 Å². The third kappa shape index (κ3) is 3.20. The van der Waals surface area contributed by atoms with Crippen LogP contribution in [0.2, 0.25) is 5.02 Å². The molecule has 2 heterocycles. The number of hydrogen-bond donors (Lipinski definition) is 0. The van der Waals surface area contributed by atoms with Gasteiger partial charge in [-0.25, -0.2) is 0 Å². The normalized spacial score (nSPS) is 11.0. The molecule has 0 aliphatic rings. The molecule has 0 aliphatic heterocycles. The monoisotopic (exact) mass is 316 g/mol. The first-order valence-corrected chi connectivity index (χ1v) is 8.16. The summed E-state index contributed by atoms with van der Waals surface area (Å²) in [6, 6.07) is 14.6. The molecule has 0 bridgehead atoms. The van der Waals surface area contributed by atoms with Crippen molar-refractivity contribution >= 4 is 22.9 Å². The molecule has 2 nitrogen and oxygen atoms in total. The molecule has 0 N–H and O–H groups in total. The predicted molar refractivity (Wildman–Crippen MR) is 90.1 cm³/mol. The first-order chi connectivity index (χ1) is 10.1. The first kappa shape index (κ1) is 14.4. The molecular formula is C17H17ClN2S. The highest BCUT2D eigenvalue weighted by Gasteiger charge is 2.09. The lowest BCUT2D eigenvalue weighted by Crippen LogP contribution is -1.92. The van der Waals surface area contributed by atoms with Crippen LogP contribution in [0.5, 0.6) is 0 Å². The van der Waals surface area contributed by atoms with E-state index in [9.17, 15) is 0 Å². The third-order valence-corrected chi connectivity index (χ3v) is 5.05. The minimum Gasteiger partial charge on any atom is -0.267 e. The highest BCUT2D eigenvalue weighted by Crippen LogP contribution is 2.29. The van der Waals surface area contributed by atoms with Crippen LogP contribution in [0.4, 0.5) is 0 Å². The molecule has 0 spiro atoms. The Hall–Kier alpha value is -1.58. The number of nitrogens with zero attached hydrogens (tertiary/aromatic N) is 2. The van der Waals surface area contributed by atoms with Crippen LogP contribution in [-0.2, 0) is 19.9 Å². The van der Waals surface area contributed by atoms with Gasteiger partial charge in [0.15, 0.2) is 0 Å². The molecule has 3 aromatic rings. The Labute approximate surface area is 134 Å². The Kier molecular flexibility index (Phi) is 4.13. The fourth-order valence-corrected chi connectivity index (χ4v) is 3.73. The summed E-state index contributed by atoms with van der Waals surface area (Å²) in [5.41, 5.74) is 3.45. The van der Waals surface area contributed by atoms with E-state index in [0.717, 1.165) is 23.6 Å². The lowest BCUT2D eigenvalue weighted by Gasteiger charge is -2.02.